The minimum atomic E-state index is -0.567. The Morgan fingerprint density at radius 3 is 2.68 bits per heavy atom. The Hall–Kier alpha value is -3.26. The van der Waals surface area contributed by atoms with Crippen LogP contribution in [0.25, 0.3) is 21.5 Å². The molecule has 0 aliphatic heterocycles. The molecule has 4 rings (SSSR count). The molecule has 0 fully saturated rings. The zero-order valence-electron chi connectivity index (χ0n) is 12.6. The van der Waals surface area contributed by atoms with Crippen LogP contribution in [0.2, 0.25) is 0 Å². The van der Waals surface area contributed by atoms with Gasteiger partial charge in [0.15, 0.2) is 5.01 Å². The molecule has 2 aromatic heterocycles. The molecule has 25 heavy (non-hydrogen) atoms. The van der Waals surface area contributed by atoms with Crippen molar-refractivity contribution in [1.29, 1.82) is 0 Å². The molecule has 2 N–H and O–H groups in total. The first-order valence-corrected chi connectivity index (χ1v) is 8.03. The maximum Gasteiger partial charge on any atom is 0.346 e. The van der Waals surface area contributed by atoms with Crippen LogP contribution in [0.1, 0.15) is 0 Å². The van der Waals surface area contributed by atoms with Gasteiger partial charge in [0.25, 0.3) is 0 Å². The minimum absolute atomic E-state index is 0.0186. The van der Waals surface area contributed by atoms with Crippen molar-refractivity contribution < 1.29 is 13.9 Å². The second-order valence-corrected chi connectivity index (χ2v) is 6.19. The lowest BCUT2D eigenvalue weighted by Gasteiger charge is -2.01. The maximum atomic E-state index is 12.9. The van der Waals surface area contributed by atoms with E-state index in [4.69, 9.17) is 4.42 Å². The van der Waals surface area contributed by atoms with Gasteiger partial charge in [-0.2, -0.15) is 0 Å². The van der Waals surface area contributed by atoms with Gasteiger partial charge in [0.05, 0.1) is 5.56 Å². The summed E-state index contributed by atoms with van der Waals surface area (Å²) in [6, 6.07) is 12.0. The number of aromatic nitrogens is 2. The molecule has 4 aromatic rings. The highest BCUT2D eigenvalue weighted by Gasteiger charge is 2.13. The summed E-state index contributed by atoms with van der Waals surface area (Å²) in [5.41, 5.74) is 0.665. The lowest BCUT2D eigenvalue weighted by Crippen LogP contribution is -2.02. The van der Waals surface area contributed by atoms with Crippen molar-refractivity contribution in [1.82, 2.24) is 10.2 Å². The number of nitrogens with one attached hydrogen (secondary N) is 1. The highest BCUT2D eigenvalue weighted by atomic mass is 32.1. The van der Waals surface area contributed by atoms with Crippen LogP contribution < -0.4 is 10.9 Å². The normalized spacial score (nSPS) is 10.9. The Morgan fingerprint density at radius 1 is 1.08 bits per heavy atom. The fourth-order valence-corrected chi connectivity index (χ4v) is 3.06. The van der Waals surface area contributed by atoms with E-state index < -0.39 is 5.63 Å². The minimum Gasteiger partial charge on any atom is -0.508 e. The van der Waals surface area contributed by atoms with Crippen molar-refractivity contribution >= 4 is 33.1 Å². The Balaban J connectivity index is 1.68. The maximum absolute atomic E-state index is 12.9. The monoisotopic (exact) mass is 355 g/mol. The number of hydrogen-bond donors (Lipinski definition) is 2. The summed E-state index contributed by atoms with van der Waals surface area (Å²) in [5.74, 6) is -0.312. The number of nitrogens with zero attached hydrogens (tertiary/aromatic N) is 2. The van der Waals surface area contributed by atoms with Crippen molar-refractivity contribution in [3.05, 3.63) is 64.8 Å². The van der Waals surface area contributed by atoms with Gasteiger partial charge in [-0.1, -0.05) is 11.3 Å². The van der Waals surface area contributed by atoms with Gasteiger partial charge < -0.3 is 14.8 Å². The van der Waals surface area contributed by atoms with Crippen molar-refractivity contribution in [3.63, 3.8) is 0 Å². The molecule has 0 spiro atoms. The van der Waals surface area contributed by atoms with Gasteiger partial charge in [-0.05, 0) is 42.5 Å². The Bertz CT molecular complexity index is 1120. The van der Waals surface area contributed by atoms with Gasteiger partial charge in [0.1, 0.15) is 17.1 Å². The summed E-state index contributed by atoms with van der Waals surface area (Å²) in [6.07, 6.45) is 0. The van der Waals surface area contributed by atoms with E-state index in [0.29, 0.717) is 26.8 Å². The third-order valence-electron chi connectivity index (χ3n) is 3.47. The number of benzene rings is 2. The molecule has 0 atom stereocenters. The van der Waals surface area contributed by atoms with Gasteiger partial charge in [0, 0.05) is 17.1 Å². The zero-order valence-corrected chi connectivity index (χ0v) is 13.4. The molecular formula is C17H10FN3O3S. The van der Waals surface area contributed by atoms with E-state index in [1.54, 1.807) is 24.3 Å². The second kappa shape index (κ2) is 5.99. The van der Waals surface area contributed by atoms with E-state index in [1.807, 2.05) is 0 Å². The molecule has 8 heteroatoms. The Morgan fingerprint density at radius 2 is 1.88 bits per heavy atom. The summed E-state index contributed by atoms with van der Waals surface area (Å²) >= 11 is 1.17. The summed E-state index contributed by atoms with van der Waals surface area (Å²) in [7, 11) is 0. The van der Waals surface area contributed by atoms with Gasteiger partial charge in [-0.15, -0.1) is 10.2 Å². The first kappa shape index (κ1) is 15.3. The Labute approximate surface area is 144 Å². The van der Waals surface area contributed by atoms with Crippen LogP contribution in [-0.2, 0) is 0 Å². The average Bonchev–Trinajstić information content (AvgIpc) is 3.04. The molecule has 2 aromatic carbocycles. The van der Waals surface area contributed by atoms with Crippen LogP contribution in [0, 0.1) is 5.82 Å². The number of rotatable bonds is 3. The van der Waals surface area contributed by atoms with E-state index >= 15 is 0 Å². The van der Waals surface area contributed by atoms with Gasteiger partial charge in [0.2, 0.25) is 5.13 Å². The largest absolute Gasteiger partial charge is 0.508 e. The van der Waals surface area contributed by atoms with Crippen LogP contribution in [0.5, 0.6) is 5.75 Å². The number of phenolic OH excluding ortho intramolecular Hbond substituents is 1. The highest BCUT2D eigenvalue weighted by molar-refractivity contribution is 7.18. The predicted octanol–water partition coefficient (Wildman–Crippen LogP) is 3.90. The van der Waals surface area contributed by atoms with E-state index in [0.717, 1.165) is 0 Å². The first-order valence-electron chi connectivity index (χ1n) is 7.22. The third kappa shape index (κ3) is 3.07. The highest BCUT2D eigenvalue weighted by Crippen LogP contribution is 2.29. The molecule has 0 bridgehead atoms. The molecular weight excluding hydrogens is 345 g/mol. The predicted molar refractivity (Wildman–Crippen MR) is 92.7 cm³/mol. The smallest absolute Gasteiger partial charge is 0.346 e. The van der Waals surface area contributed by atoms with Crippen LogP contribution in [-0.4, -0.2) is 15.3 Å². The lowest BCUT2D eigenvalue weighted by atomic mass is 10.2. The topological polar surface area (TPSA) is 88.2 Å². The zero-order chi connectivity index (χ0) is 17.4. The molecule has 2 heterocycles. The van der Waals surface area contributed by atoms with Crippen LogP contribution in [0.4, 0.5) is 15.2 Å². The van der Waals surface area contributed by atoms with E-state index in [-0.39, 0.29) is 17.1 Å². The number of hydrogen-bond acceptors (Lipinski definition) is 7. The molecule has 0 saturated carbocycles. The molecule has 0 unspecified atom stereocenters. The number of anilines is 2. The number of aromatic hydroxyl groups is 1. The third-order valence-corrected chi connectivity index (χ3v) is 4.34. The number of halogens is 1. The molecule has 6 nitrogen and oxygen atoms in total. The van der Waals surface area contributed by atoms with E-state index in [9.17, 15) is 14.3 Å². The van der Waals surface area contributed by atoms with Crippen molar-refractivity contribution in [2.75, 3.05) is 5.32 Å². The van der Waals surface area contributed by atoms with Crippen LogP contribution >= 0.6 is 11.3 Å². The van der Waals surface area contributed by atoms with E-state index in [2.05, 4.69) is 15.5 Å². The fraction of sp³-hybridized carbons (Fsp3) is 0. The quantitative estimate of drug-likeness (QED) is 0.542. The van der Waals surface area contributed by atoms with Gasteiger partial charge in [-0.25, -0.2) is 9.18 Å². The Kier molecular flexibility index (Phi) is 3.66. The van der Waals surface area contributed by atoms with Crippen LogP contribution in [0.15, 0.2) is 57.7 Å². The lowest BCUT2D eigenvalue weighted by molar-refractivity contribution is 0.473. The molecule has 0 amide bonds. The summed E-state index contributed by atoms with van der Waals surface area (Å²) in [5, 5.41) is 22.0. The van der Waals surface area contributed by atoms with Gasteiger partial charge in [-0.3, -0.25) is 0 Å². The molecule has 0 radical (unpaired) electrons. The molecule has 0 saturated heterocycles. The standard InChI is InChI=1S/C17H10FN3O3S/c18-10-2-4-11(5-3-10)19-17-21-20-15(25-17)13-7-9-1-6-12(22)8-14(9)24-16(13)23/h1-8,22H,(H,19,21). The fourth-order valence-electron chi connectivity index (χ4n) is 2.29. The van der Waals surface area contributed by atoms with Crippen molar-refractivity contribution in [2.45, 2.75) is 0 Å². The average molecular weight is 355 g/mol. The molecule has 0 aliphatic carbocycles. The number of fused-ring (bicyclic) bond motifs is 1. The van der Waals surface area contributed by atoms with Gasteiger partial charge >= 0.3 is 5.63 Å². The van der Waals surface area contributed by atoms with E-state index in [1.165, 1.54) is 35.6 Å². The molecule has 124 valence electrons. The van der Waals surface area contributed by atoms with Crippen molar-refractivity contribution in [3.8, 4) is 16.3 Å². The summed E-state index contributed by atoms with van der Waals surface area (Å²) < 4.78 is 18.2. The van der Waals surface area contributed by atoms with Crippen molar-refractivity contribution in [2.24, 2.45) is 0 Å². The first-order chi connectivity index (χ1) is 12.1. The second-order valence-electron chi connectivity index (χ2n) is 5.21. The number of phenols is 1. The van der Waals surface area contributed by atoms with Crippen LogP contribution in [0.3, 0.4) is 0 Å². The summed E-state index contributed by atoms with van der Waals surface area (Å²) in [4.78, 5) is 12.2. The molecule has 0 aliphatic rings. The summed E-state index contributed by atoms with van der Waals surface area (Å²) in [6.45, 7) is 0. The SMILES string of the molecule is O=c1oc2cc(O)ccc2cc1-c1nnc(Nc2ccc(F)cc2)s1.